The highest BCUT2D eigenvalue weighted by molar-refractivity contribution is 7.90. The van der Waals surface area contributed by atoms with Crippen LogP contribution in [-0.2, 0) is 9.84 Å². The molecule has 0 aliphatic heterocycles. The summed E-state index contributed by atoms with van der Waals surface area (Å²) in [5, 5.41) is 0. The van der Waals surface area contributed by atoms with E-state index in [1.807, 2.05) is 0 Å². The van der Waals surface area contributed by atoms with Gasteiger partial charge in [0.2, 0.25) is 0 Å². The Hall–Kier alpha value is -1.57. The van der Waals surface area contributed by atoms with Crippen LogP contribution in [-0.4, -0.2) is 43.3 Å². The first-order chi connectivity index (χ1) is 9.83. The zero-order chi connectivity index (χ0) is 17.3. The first-order valence-electron chi connectivity index (χ1n) is 6.47. The van der Waals surface area contributed by atoms with Crippen molar-refractivity contribution in [3.05, 3.63) is 35.1 Å². The summed E-state index contributed by atoms with van der Waals surface area (Å²) < 4.78 is 62.5. The summed E-state index contributed by atoms with van der Waals surface area (Å²) in [7, 11) is -3.34. The molecule has 124 valence electrons. The molecule has 1 aromatic carbocycles. The van der Waals surface area contributed by atoms with Crippen LogP contribution in [0.2, 0.25) is 0 Å². The molecule has 0 atom stereocenters. The average molecular weight is 337 g/mol. The Morgan fingerprint density at radius 2 is 1.59 bits per heavy atom. The van der Waals surface area contributed by atoms with E-state index in [-0.39, 0.29) is 12.3 Å². The number of benzene rings is 1. The van der Waals surface area contributed by atoms with Crippen molar-refractivity contribution < 1.29 is 26.4 Å². The minimum absolute atomic E-state index is 0.181. The predicted molar refractivity (Wildman–Crippen MR) is 76.8 cm³/mol. The van der Waals surface area contributed by atoms with Gasteiger partial charge >= 0.3 is 0 Å². The van der Waals surface area contributed by atoms with Crippen LogP contribution in [0.4, 0.5) is 13.2 Å². The maximum atomic E-state index is 13.7. The molecule has 1 aromatic rings. The molecule has 0 radical (unpaired) electrons. The van der Waals surface area contributed by atoms with E-state index in [2.05, 4.69) is 0 Å². The van der Waals surface area contributed by atoms with Crippen LogP contribution in [0, 0.1) is 17.5 Å². The van der Waals surface area contributed by atoms with E-state index in [0.717, 1.165) is 11.2 Å². The largest absolute Gasteiger partial charge is 0.333 e. The molecular formula is C14H18F3NO3S. The molecule has 0 fully saturated rings. The number of sulfone groups is 1. The monoisotopic (exact) mass is 337 g/mol. The number of carbonyl (C=O) groups excluding carboxylic acids is 1. The second-order valence-corrected chi connectivity index (χ2v) is 8.26. The van der Waals surface area contributed by atoms with Crippen molar-refractivity contribution >= 4 is 15.7 Å². The molecule has 8 heteroatoms. The maximum Gasteiger partial charge on any atom is 0.257 e. The zero-order valence-corrected chi connectivity index (χ0v) is 13.6. The third kappa shape index (κ3) is 4.72. The van der Waals surface area contributed by atoms with Gasteiger partial charge in [-0.3, -0.25) is 4.79 Å². The molecule has 1 amide bonds. The number of rotatable bonds is 4. The van der Waals surface area contributed by atoms with E-state index in [1.54, 1.807) is 20.8 Å². The smallest absolute Gasteiger partial charge is 0.257 e. The maximum absolute atomic E-state index is 13.7. The first kappa shape index (κ1) is 18.5. The normalized spacial score (nSPS) is 12.3. The van der Waals surface area contributed by atoms with E-state index < -0.39 is 44.3 Å². The number of carbonyl (C=O) groups is 1. The van der Waals surface area contributed by atoms with E-state index in [1.165, 1.54) is 0 Å². The predicted octanol–water partition coefficient (Wildman–Crippen LogP) is 2.39. The van der Waals surface area contributed by atoms with Gasteiger partial charge in [0.1, 0.15) is 15.7 Å². The van der Waals surface area contributed by atoms with Gasteiger partial charge in [0.15, 0.2) is 11.6 Å². The van der Waals surface area contributed by atoms with Gasteiger partial charge in [-0.15, -0.1) is 0 Å². The Balaban J connectivity index is 3.21. The molecule has 0 heterocycles. The third-order valence-electron chi connectivity index (χ3n) is 2.98. The lowest BCUT2D eigenvalue weighted by Crippen LogP contribution is -2.48. The Bertz CT molecular complexity index is 681. The Morgan fingerprint density at radius 3 is 2.05 bits per heavy atom. The van der Waals surface area contributed by atoms with Crippen molar-refractivity contribution in [2.45, 2.75) is 26.3 Å². The van der Waals surface area contributed by atoms with E-state index in [9.17, 15) is 26.4 Å². The van der Waals surface area contributed by atoms with Crippen molar-refractivity contribution in [1.29, 1.82) is 0 Å². The number of halogens is 3. The Morgan fingerprint density at radius 1 is 1.09 bits per heavy atom. The quantitative estimate of drug-likeness (QED) is 0.793. The van der Waals surface area contributed by atoms with E-state index in [0.29, 0.717) is 12.1 Å². The summed E-state index contributed by atoms with van der Waals surface area (Å²) >= 11 is 0. The van der Waals surface area contributed by atoms with Crippen LogP contribution in [0.1, 0.15) is 31.1 Å². The summed E-state index contributed by atoms with van der Waals surface area (Å²) in [4.78, 5) is 13.5. The molecule has 0 aliphatic carbocycles. The van der Waals surface area contributed by atoms with Crippen LogP contribution < -0.4 is 0 Å². The minimum Gasteiger partial charge on any atom is -0.333 e. The fourth-order valence-electron chi connectivity index (χ4n) is 1.83. The fraction of sp³-hybridized carbons (Fsp3) is 0.500. The van der Waals surface area contributed by atoms with Gasteiger partial charge in [0.05, 0.1) is 11.3 Å². The summed E-state index contributed by atoms with van der Waals surface area (Å²) in [5.74, 6) is -5.15. The third-order valence-corrected chi connectivity index (χ3v) is 3.91. The molecule has 0 saturated heterocycles. The number of hydrogen-bond acceptors (Lipinski definition) is 3. The van der Waals surface area contributed by atoms with E-state index >= 15 is 0 Å². The van der Waals surface area contributed by atoms with Crippen molar-refractivity contribution in [1.82, 2.24) is 4.90 Å². The van der Waals surface area contributed by atoms with Crippen LogP contribution >= 0.6 is 0 Å². The van der Waals surface area contributed by atoms with Crippen molar-refractivity contribution in [3.63, 3.8) is 0 Å². The topological polar surface area (TPSA) is 54.5 Å². The molecule has 0 saturated carbocycles. The lowest BCUT2D eigenvalue weighted by atomic mass is 10.0. The van der Waals surface area contributed by atoms with Gasteiger partial charge < -0.3 is 4.90 Å². The van der Waals surface area contributed by atoms with Crippen LogP contribution in [0.15, 0.2) is 12.1 Å². The Kier molecular flexibility index (Phi) is 5.27. The highest BCUT2D eigenvalue weighted by Crippen LogP contribution is 2.21. The van der Waals surface area contributed by atoms with Crippen molar-refractivity contribution in [2.75, 3.05) is 18.6 Å². The molecule has 0 aliphatic rings. The highest BCUT2D eigenvalue weighted by Gasteiger charge is 2.30. The number of hydrogen-bond donors (Lipinski definition) is 0. The van der Waals surface area contributed by atoms with E-state index in [4.69, 9.17) is 0 Å². The lowest BCUT2D eigenvalue weighted by Gasteiger charge is -2.35. The van der Waals surface area contributed by atoms with Crippen LogP contribution in [0.25, 0.3) is 0 Å². The van der Waals surface area contributed by atoms with Crippen molar-refractivity contribution in [3.8, 4) is 0 Å². The molecule has 1 rings (SSSR count). The fourth-order valence-corrected chi connectivity index (χ4v) is 2.34. The first-order valence-corrected chi connectivity index (χ1v) is 8.53. The summed E-state index contributed by atoms with van der Waals surface area (Å²) in [6, 6.07) is 0.770. The molecular weight excluding hydrogens is 319 g/mol. The minimum atomic E-state index is -3.34. The van der Waals surface area contributed by atoms with Crippen LogP contribution in [0.3, 0.4) is 0 Å². The Labute approximate surface area is 127 Å². The van der Waals surface area contributed by atoms with Gasteiger partial charge in [-0.1, -0.05) is 0 Å². The lowest BCUT2D eigenvalue weighted by molar-refractivity contribution is 0.0595. The highest BCUT2D eigenvalue weighted by atomic mass is 32.2. The molecule has 0 unspecified atom stereocenters. The zero-order valence-electron chi connectivity index (χ0n) is 12.8. The second kappa shape index (κ2) is 6.28. The van der Waals surface area contributed by atoms with Gasteiger partial charge in [-0.05, 0) is 26.8 Å². The average Bonchev–Trinajstić information content (AvgIpc) is 2.30. The molecule has 0 N–H and O–H groups in total. The molecule has 4 nitrogen and oxygen atoms in total. The number of amides is 1. The SMILES string of the molecule is CC(C)(C)N(CCS(C)(=O)=O)C(=O)c1cc(F)c(F)cc1F. The van der Waals surface area contributed by atoms with Crippen LogP contribution in [0.5, 0.6) is 0 Å². The second-order valence-electron chi connectivity index (χ2n) is 6.00. The van der Waals surface area contributed by atoms with Crippen molar-refractivity contribution in [2.24, 2.45) is 0 Å². The summed E-state index contributed by atoms with van der Waals surface area (Å²) in [5.41, 5.74) is -1.46. The van der Waals surface area contributed by atoms with Gasteiger partial charge in [-0.2, -0.15) is 0 Å². The van der Waals surface area contributed by atoms with Gasteiger partial charge in [0.25, 0.3) is 5.91 Å². The molecule has 0 aromatic heterocycles. The molecule has 0 bridgehead atoms. The standard InChI is InChI=1S/C14H18F3NO3S/c1-14(2,3)18(5-6-22(4,20)21)13(19)9-7-11(16)12(17)8-10(9)15/h7-8H,5-6H2,1-4H3. The summed E-state index contributed by atoms with van der Waals surface area (Å²) in [6.07, 6.45) is 1.01. The summed E-state index contributed by atoms with van der Waals surface area (Å²) in [6.45, 7) is 4.71. The van der Waals surface area contributed by atoms with Gasteiger partial charge in [-0.25, -0.2) is 21.6 Å². The molecule has 22 heavy (non-hydrogen) atoms. The van der Waals surface area contributed by atoms with Gasteiger partial charge in [0, 0.05) is 24.4 Å². The molecule has 0 spiro atoms. The number of nitrogens with zero attached hydrogens (tertiary/aromatic N) is 1.